The average Bonchev–Trinajstić information content (AvgIpc) is 2.80. The molecule has 0 spiro atoms. The molecule has 0 unspecified atom stereocenters. The number of rotatable bonds is 8. The Morgan fingerprint density at radius 3 is 1.47 bits per heavy atom. The summed E-state index contributed by atoms with van der Waals surface area (Å²) in [6.45, 7) is 19.9. The van der Waals surface area contributed by atoms with Gasteiger partial charge in [0.2, 0.25) is 0 Å². The molecule has 3 heteroatoms. The van der Waals surface area contributed by atoms with Gasteiger partial charge in [-0.2, -0.15) is 0 Å². The Hall–Kier alpha value is -3.07. The molecule has 0 aliphatic carbocycles. The fraction of sp³-hybridized carbons (Fsp3) is 0.424. The Kier molecular flexibility index (Phi) is 8.66. The molecule has 36 heavy (non-hydrogen) atoms. The van der Waals surface area contributed by atoms with E-state index in [1.165, 1.54) is 33.4 Å². The lowest BCUT2D eigenvalue weighted by Gasteiger charge is -2.21. The van der Waals surface area contributed by atoms with Crippen LogP contribution in [0.15, 0.2) is 53.5 Å². The number of nitrogens with zero attached hydrogens (tertiary/aromatic N) is 1. The van der Waals surface area contributed by atoms with Gasteiger partial charge in [0.05, 0.1) is 5.69 Å². The minimum atomic E-state index is 0.269. The minimum Gasteiger partial charge on any atom is -0.508 e. The second-order valence-corrected chi connectivity index (χ2v) is 11.4. The van der Waals surface area contributed by atoms with Crippen LogP contribution >= 0.6 is 0 Å². The molecule has 0 atom stereocenters. The van der Waals surface area contributed by atoms with E-state index < -0.39 is 0 Å². The van der Waals surface area contributed by atoms with E-state index in [0.717, 1.165) is 29.1 Å². The van der Waals surface area contributed by atoms with Gasteiger partial charge in [-0.25, -0.2) is 0 Å². The van der Waals surface area contributed by atoms with Crippen molar-refractivity contribution in [2.24, 2.45) is 4.99 Å². The molecule has 3 rings (SSSR count). The Bertz CT molecular complexity index is 1170. The number of phenolic OH excluding ortho intramolecular Hbond substituents is 1. The second-order valence-electron chi connectivity index (χ2n) is 11.4. The van der Waals surface area contributed by atoms with Gasteiger partial charge in [0.15, 0.2) is 0 Å². The summed E-state index contributed by atoms with van der Waals surface area (Å²) < 4.78 is 0. The molecule has 0 heterocycles. The van der Waals surface area contributed by atoms with Gasteiger partial charge in [0.25, 0.3) is 0 Å². The van der Waals surface area contributed by atoms with Gasteiger partial charge in [-0.05, 0) is 100 Å². The molecule has 0 bridgehead atoms. The van der Waals surface area contributed by atoms with E-state index in [-0.39, 0.29) is 5.75 Å². The molecule has 0 fully saturated rings. The van der Waals surface area contributed by atoms with Gasteiger partial charge < -0.3 is 10.8 Å². The zero-order valence-electron chi connectivity index (χ0n) is 23.6. The van der Waals surface area contributed by atoms with Crippen LogP contribution in [0.3, 0.4) is 0 Å². The van der Waals surface area contributed by atoms with Crippen LogP contribution < -0.4 is 5.73 Å². The van der Waals surface area contributed by atoms with Crippen LogP contribution in [0.2, 0.25) is 0 Å². The number of aliphatic imine (C=N–C) groups is 1. The maximum Gasteiger partial charge on any atom is 0.115 e. The van der Waals surface area contributed by atoms with Gasteiger partial charge in [-0.3, -0.25) is 4.99 Å². The summed E-state index contributed by atoms with van der Waals surface area (Å²) in [4.78, 5) is 5.15. The van der Waals surface area contributed by atoms with Crippen LogP contribution in [0.25, 0.3) is 0 Å². The standard InChI is InChI=1S/C33H44N2O/c1-19(2)28-15-24(16-29(20(3)4)32(28)34)14-25-17-30(21(5)6)33(31(18-25)22(7)8)35-23(9)26-10-12-27(36)13-11-26/h10-13,15-22,36H,14,34H2,1-9H3. The lowest BCUT2D eigenvalue weighted by molar-refractivity contribution is 0.475. The van der Waals surface area contributed by atoms with Gasteiger partial charge in [0.1, 0.15) is 5.75 Å². The quantitative estimate of drug-likeness (QED) is 0.247. The van der Waals surface area contributed by atoms with Crippen LogP contribution in [-0.2, 0) is 6.42 Å². The number of hydrogen-bond donors (Lipinski definition) is 2. The highest BCUT2D eigenvalue weighted by atomic mass is 16.3. The minimum absolute atomic E-state index is 0.269. The third kappa shape index (κ3) is 6.19. The Morgan fingerprint density at radius 2 is 1.08 bits per heavy atom. The Balaban J connectivity index is 2.13. The summed E-state index contributed by atoms with van der Waals surface area (Å²) in [7, 11) is 0. The van der Waals surface area contributed by atoms with Crippen LogP contribution in [0.1, 0.15) is 125 Å². The van der Waals surface area contributed by atoms with Crippen molar-refractivity contribution in [3.8, 4) is 5.75 Å². The third-order valence-electron chi connectivity index (χ3n) is 6.99. The zero-order valence-corrected chi connectivity index (χ0v) is 23.6. The van der Waals surface area contributed by atoms with E-state index in [2.05, 4.69) is 79.7 Å². The fourth-order valence-electron chi connectivity index (χ4n) is 4.85. The number of aromatic hydroxyl groups is 1. The first-order valence-electron chi connectivity index (χ1n) is 13.3. The molecule has 192 valence electrons. The van der Waals surface area contributed by atoms with Crippen molar-refractivity contribution in [3.05, 3.63) is 87.5 Å². The average molecular weight is 485 g/mol. The topological polar surface area (TPSA) is 58.6 Å². The van der Waals surface area contributed by atoms with Crippen LogP contribution in [0, 0.1) is 0 Å². The Morgan fingerprint density at radius 1 is 0.694 bits per heavy atom. The molecule has 0 radical (unpaired) electrons. The van der Waals surface area contributed by atoms with Crippen molar-refractivity contribution >= 4 is 17.1 Å². The highest BCUT2D eigenvalue weighted by Crippen LogP contribution is 2.38. The molecule has 0 saturated heterocycles. The monoisotopic (exact) mass is 484 g/mol. The Labute approximate surface area is 218 Å². The molecular weight excluding hydrogens is 440 g/mol. The maximum absolute atomic E-state index is 9.68. The summed E-state index contributed by atoms with van der Waals surface area (Å²) >= 11 is 0. The van der Waals surface area contributed by atoms with E-state index in [4.69, 9.17) is 10.7 Å². The number of hydrogen-bond acceptors (Lipinski definition) is 3. The number of phenols is 1. The van der Waals surface area contributed by atoms with Gasteiger partial charge in [0, 0.05) is 11.4 Å². The number of benzene rings is 3. The van der Waals surface area contributed by atoms with Crippen molar-refractivity contribution in [2.45, 2.75) is 92.4 Å². The van der Waals surface area contributed by atoms with Crippen molar-refractivity contribution < 1.29 is 5.11 Å². The zero-order chi connectivity index (χ0) is 26.7. The summed E-state index contributed by atoms with van der Waals surface area (Å²) in [6, 6.07) is 16.6. The lowest BCUT2D eigenvalue weighted by atomic mass is 9.86. The predicted octanol–water partition coefficient (Wildman–Crippen LogP) is 9.20. The number of anilines is 1. The second kappa shape index (κ2) is 11.3. The molecule has 3 N–H and O–H groups in total. The molecule has 0 aromatic heterocycles. The van der Waals surface area contributed by atoms with Crippen LogP contribution in [-0.4, -0.2) is 10.8 Å². The van der Waals surface area contributed by atoms with Gasteiger partial charge in [-0.15, -0.1) is 0 Å². The third-order valence-corrected chi connectivity index (χ3v) is 6.99. The summed E-state index contributed by atoms with van der Waals surface area (Å²) in [5.74, 6) is 1.74. The molecular formula is C33H44N2O. The predicted molar refractivity (Wildman–Crippen MR) is 156 cm³/mol. The summed E-state index contributed by atoms with van der Waals surface area (Å²) in [5.41, 5.74) is 18.2. The van der Waals surface area contributed by atoms with Gasteiger partial charge >= 0.3 is 0 Å². The molecule has 3 nitrogen and oxygen atoms in total. The first kappa shape index (κ1) is 27.5. The smallest absolute Gasteiger partial charge is 0.115 e. The highest BCUT2D eigenvalue weighted by Gasteiger charge is 2.18. The normalized spacial score (nSPS) is 12.4. The van der Waals surface area contributed by atoms with Crippen molar-refractivity contribution in [1.29, 1.82) is 0 Å². The van der Waals surface area contributed by atoms with E-state index in [1.54, 1.807) is 12.1 Å². The van der Waals surface area contributed by atoms with E-state index in [0.29, 0.717) is 23.7 Å². The molecule has 0 aliphatic heterocycles. The fourth-order valence-corrected chi connectivity index (χ4v) is 4.85. The van der Waals surface area contributed by atoms with Crippen LogP contribution in [0.4, 0.5) is 11.4 Å². The molecule has 0 aliphatic rings. The summed E-state index contributed by atoms with van der Waals surface area (Å²) in [6.07, 6.45) is 0.875. The van der Waals surface area contributed by atoms with Crippen LogP contribution in [0.5, 0.6) is 5.75 Å². The summed E-state index contributed by atoms with van der Waals surface area (Å²) in [5, 5.41) is 9.68. The largest absolute Gasteiger partial charge is 0.508 e. The van der Waals surface area contributed by atoms with Crippen molar-refractivity contribution in [3.63, 3.8) is 0 Å². The van der Waals surface area contributed by atoms with Crippen molar-refractivity contribution in [1.82, 2.24) is 0 Å². The maximum atomic E-state index is 9.68. The molecule has 3 aromatic rings. The molecule has 3 aromatic carbocycles. The van der Waals surface area contributed by atoms with Crippen molar-refractivity contribution in [2.75, 3.05) is 5.73 Å². The number of nitrogens with two attached hydrogens (primary N) is 1. The molecule has 0 amide bonds. The van der Waals surface area contributed by atoms with Gasteiger partial charge in [-0.1, -0.05) is 79.7 Å². The van der Waals surface area contributed by atoms with E-state index in [1.807, 2.05) is 19.1 Å². The SMILES string of the molecule is CC(=Nc1c(C(C)C)cc(Cc2cc(C(C)C)c(N)c(C(C)C)c2)cc1C(C)C)c1ccc(O)cc1. The first-order chi connectivity index (χ1) is 16.9. The lowest BCUT2D eigenvalue weighted by Crippen LogP contribution is -2.06. The number of nitrogen functional groups attached to an aromatic ring is 1. The van der Waals surface area contributed by atoms with E-state index >= 15 is 0 Å². The first-order valence-corrected chi connectivity index (χ1v) is 13.3. The highest BCUT2D eigenvalue weighted by molar-refractivity contribution is 6.00. The van der Waals surface area contributed by atoms with E-state index in [9.17, 15) is 5.11 Å². The molecule has 0 saturated carbocycles.